The third-order valence-electron chi connectivity index (χ3n) is 4.31. The molecule has 1 aromatic carbocycles. The van der Waals surface area contributed by atoms with Gasteiger partial charge in [-0.1, -0.05) is 17.7 Å². The molecule has 0 amide bonds. The Labute approximate surface area is 150 Å². The summed E-state index contributed by atoms with van der Waals surface area (Å²) >= 11 is 6.34. The fraction of sp³-hybridized carbons (Fsp3) is 0.263. The van der Waals surface area contributed by atoms with Crippen molar-refractivity contribution < 1.29 is 0 Å². The second-order valence-corrected chi connectivity index (χ2v) is 6.78. The van der Waals surface area contributed by atoms with Gasteiger partial charge in [-0.2, -0.15) is 5.10 Å². The van der Waals surface area contributed by atoms with Gasteiger partial charge in [0.05, 0.1) is 21.9 Å². The van der Waals surface area contributed by atoms with Crippen molar-refractivity contribution in [3.05, 3.63) is 64.0 Å². The van der Waals surface area contributed by atoms with Crippen molar-refractivity contribution >= 4 is 28.2 Å². The molecule has 0 unspecified atom stereocenters. The van der Waals surface area contributed by atoms with Crippen LogP contribution in [0.3, 0.4) is 0 Å². The first kappa shape index (κ1) is 16.0. The van der Waals surface area contributed by atoms with Crippen LogP contribution >= 0.6 is 11.6 Å². The van der Waals surface area contributed by atoms with E-state index < -0.39 is 0 Å². The second kappa shape index (κ2) is 6.08. The van der Waals surface area contributed by atoms with Crippen LogP contribution in [0.5, 0.6) is 0 Å². The maximum Gasteiger partial charge on any atom is 0.177 e. The van der Waals surface area contributed by atoms with E-state index in [1.54, 1.807) is 0 Å². The van der Waals surface area contributed by atoms with Crippen LogP contribution in [0.1, 0.15) is 28.5 Å². The molecule has 126 valence electrons. The number of rotatable bonds is 3. The second-order valence-electron chi connectivity index (χ2n) is 6.37. The van der Waals surface area contributed by atoms with Crippen molar-refractivity contribution in [2.24, 2.45) is 0 Å². The molecule has 25 heavy (non-hydrogen) atoms. The Balaban J connectivity index is 1.62. The molecule has 0 N–H and O–H groups in total. The average Bonchev–Trinajstić information content (AvgIpc) is 3.02. The van der Waals surface area contributed by atoms with Gasteiger partial charge in [-0.15, -0.1) is 0 Å². The van der Waals surface area contributed by atoms with Crippen LogP contribution in [-0.2, 0) is 12.8 Å². The zero-order valence-corrected chi connectivity index (χ0v) is 15.2. The lowest BCUT2D eigenvalue weighted by Crippen LogP contribution is -1.99. The Bertz CT molecular complexity index is 1060. The average molecular weight is 352 g/mol. The standard InChI is InChI=1S/C19H18ClN5/c1-11-8-14-4-5-15(22-18(14)16(20)9-11)6-7-17-23-19-13(3)21-10-12(2)25(19)24-17/h4-5,8-10H,6-7H2,1-3H3. The summed E-state index contributed by atoms with van der Waals surface area (Å²) in [4.78, 5) is 13.7. The summed E-state index contributed by atoms with van der Waals surface area (Å²) in [6.45, 7) is 5.96. The van der Waals surface area contributed by atoms with Crippen LogP contribution in [-0.4, -0.2) is 24.6 Å². The SMILES string of the molecule is Cc1cc(Cl)c2nc(CCc3nc4c(C)ncc(C)n4n3)ccc2c1. The largest absolute Gasteiger partial charge is 0.256 e. The van der Waals surface area contributed by atoms with E-state index in [1.807, 2.05) is 43.6 Å². The molecule has 0 bridgehead atoms. The molecule has 4 rings (SSSR count). The minimum absolute atomic E-state index is 0.694. The fourth-order valence-corrected chi connectivity index (χ4v) is 3.32. The predicted molar refractivity (Wildman–Crippen MR) is 99.2 cm³/mol. The van der Waals surface area contributed by atoms with Gasteiger partial charge in [0.15, 0.2) is 11.5 Å². The molecule has 0 atom stereocenters. The predicted octanol–water partition coefficient (Wildman–Crippen LogP) is 4.04. The topological polar surface area (TPSA) is 56.0 Å². The Morgan fingerprint density at radius 1 is 1.04 bits per heavy atom. The van der Waals surface area contributed by atoms with E-state index in [-0.39, 0.29) is 0 Å². The van der Waals surface area contributed by atoms with Gasteiger partial charge in [0.1, 0.15) is 0 Å². The summed E-state index contributed by atoms with van der Waals surface area (Å²) in [7, 11) is 0. The lowest BCUT2D eigenvalue weighted by Gasteiger charge is -2.05. The summed E-state index contributed by atoms with van der Waals surface area (Å²) in [6.07, 6.45) is 3.31. The number of hydrogen-bond donors (Lipinski definition) is 0. The normalized spacial score (nSPS) is 11.5. The first-order chi connectivity index (χ1) is 12.0. The van der Waals surface area contributed by atoms with Crippen molar-refractivity contribution in [2.75, 3.05) is 0 Å². The smallest absolute Gasteiger partial charge is 0.177 e. The molecule has 6 heteroatoms. The molecular weight excluding hydrogens is 334 g/mol. The van der Waals surface area contributed by atoms with E-state index in [9.17, 15) is 0 Å². The summed E-state index contributed by atoms with van der Waals surface area (Å²) in [5.74, 6) is 0.802. The molecular formula is C19H18ClN5. The molecule has 0 aliphatic heterocycles. The Morgan fingerprint density at radius 2 is 1.88 bits per heavy atom. The van der Waals surface area contributed by atoms with Crippen LogP contribution in [0.4, 0.5) is 0 Å². The number of benzene rings is 1. The first-order valence-electron chi connectivity index (χ1n) is 8.25. The maximum atomic E-state index is 6.34. The third-order valence-corrected chi connectivity index (χ3v) is 4.59. The van der Waals surface area contributed by atoms with Crippen LogP contribution in [0.15, 0.2) is 30.5 Å². The Kier molecular flexibility index (Phi) is 3.88. The number of nitrogens with zero attached hydrogens (tertiary/aromatic N) is 5. The summed E-state index contributed by atoms with van der Waals surface area (Å²) in [5.41, 5.74) is 5.66. The van der Waals surface area contributed by atoms with Crippen LogP contribution < -0.4 is 0 Å². The van der Waals surface area contributed by atoms with E-state index in [2.05, 4.69) is 27.2 Å². The van der Waals surface area contributed by atoms with Gasteiger partial charge in [0.25, 0.3) is 0 Å². The van der Waals surface area contributed by atoms with Gasteiger partial charge >= 0.3 is 0 Å². The monoisotopic (exact) mass is 351 g/mol. The van der Waals surface area contributed by atoms with Gasteiger partial charge < -0.3 is 0 Å². The first-order valence-corrected chi connectivity index (χ1v) is 8.63. The number of aromatic nitrogens is 5. The van der Waals surface area contributed by atoms with E-state index in [0.29, 0.717) is 5.02 Å². The van der Waals surface area contributed by atoms with Crippen molar-refractivity contribution in [3.63, 3.8) is 0 Å². The molecule has 0 spiro atoms. The number of halogens is 1. The summed E-state index contributed by atoms with van der Waals surface area (Å²) in [5, 5.41) is 6.35. The Hall–Kier alpha value is -2.53. The van der Waals surface area contributed by atoms with Crippen LogP contribution in [0.2, 0.25) is 5.02 Å². The molecule has 0 saturated carbocycles. The lowest BCUT2D eigenvalue weighted by atomic mass is 10.1. The van der Waals surface area contributed by atoms with Crippen LogP contribution in [0.25, 0.3) is 16.6 Å². The zero-order chi connectivity index (χ0) is 17.6. The van der Waals surface area contributed by atoms with Gasteiger partial charge in [-0.25, -0.2) is 9.50 Å². The minimum Gasteiger partial charge on any atom is -0.256 e. The summed E-state index contributed by atoms with van der Waals surface area (Å²) < 4.78 is 1.85. The molecule has 3 aromatic heterocycles. The van der Waals surface area contributed by atoms with Gasteiger partial charge in [-0.3, -0.25) is 9.97 Å². The van der Waals surface area contributed by atoms with Crippen molar-refractivity contribution in [1.29, 1.82) is 0 Å². The highest BCUT2D eigenvalue weighted by molar-refractivity contribution is 6.35. The molecule has 0 fully saturated rings. The van der Waals surface area contributed by atoms with E-state index in [0.717, 1.165) is 57.9 Å². The van der Waals surface area contributed by atoms with Crippen molar-refractivity contribution in [2.45, 2.75) is 33.6 Å². The minimum atomic E-state index is 0.694. The van der Waals surface area contributed by atoms with E-state index >= 15 is 0 Å². The maximum absolute atomic E-state index is 6.34. The van der Waals surface area contributed by atoms with Gasteiger partial charge in [-0.05, 0) is 51.0 Å². The molecule has 0 aliphatic rings. The zero-order valence-electron chi connectivity index (χ0n) is 14.4. The number of aryl methyl sites for hydroxylation is 5. The highest BCUT2D eigenvalue weighted by Gasteiger charge is 2.10. The number of hydrogen-bond acceptors (Lipinski definition) is 4. The molecule has 4 aromatic rings. The molecule has 0 aliphatic carbocycles. The molecule has 3 heterocycles. The highest BCUT2D eigenvalue weighted by Crippen LogP contribution is 2.24. The number of fused-ring (bicyclic) bond motifs is 2. The third kappa shape index (κ3) is 2.96. The Morgan fingerprint density at radius 3 is 2.68 bits per heavy atom. The number of pyridine rings is 1. The highest BCUT2D eigenvalue weighted by atomic mass is 35.5. The van der Waals surface area contributed by atoms with Gasteiger partial charge in [0, 0.05) is 23.7 Å². The van der Waals surface area contributed by atoms with Crippen LogP contribution in [0, 0.1) is 20.8 Å². The quantitative estimate of drug-likeness (QED) is 0.559. The van der Waals surface area contributed by atoms with Gasteiger partial charge in [0.2, 0.25) is 0 Å². The fourth-order valence-electron chi connectivity index (χ4n) is 3.00. The molecule has 0 radical (unpaired) electrons. The van der Waals surface area contributed by atoms with Crippen molar-refractivity contribution in [3.8, 4) is 0 Å². The van der Waals surface area contributed by atoms with Crippen molar-refractivity contribution in [1.82, 2.24) is 24.6 Å². The summed E-state index contributed by atoms with van der Waals surface area (Å²) in [6, 6.07) is 8.17. The molecule has 0 saturated heterocycles. The van der Waals surface area contributed by atoms with E-state index in [4.69, 9.17) is 16.6 Å². The lowest BCUT2D eigenvalue weighted by molar-refractivity contribution is 0.808. The molecule has 5 nitrogen and oxygen atoms in total. The van der Waals surface area contributed by atoms with E-state index in [1.165, 1.54) is 0 Å².